The standard InChI is InChI=1S/C17H15N3O3S/c1-2-23-17(22)10-5-3-6-11(9-10)20-15(21)14-13(18)12-7-4-8-19-16(12)24-14/h3-9H,2,18H2,1H3,(H,20,21). The Morgan fingerprint density at radius 3 is 2.88 bits per heavy atom. The van der Waals surface area contributed by atoms with Crippen LogP contribution in [0.5, 0.6) is 0 Å². The van der Waals surface area contributed by atoms with Gasteiger partial charge in [0.25, 0.3) is 5.91 Å². The van der Waals surface area contributed by atoms with Gasteiger partial charge in [0.1, 0.15) is 9.71 Å². The molecule has 0 aliphatic heterocycles. The van der Waals surface area contributed by atoms with Crippen LogP contribution < -0.4 is 11.1 Å². The third kappa shape index (κ3) is 3.07. The number of esters is 1. The van der Waals surface area contributed by atoms with E-state index in [1.165, 1.54) is 11.3 Å². The number of fused-ring (bicyclic) bond motifs is 1. The molecule has 1 amide bonds. The molecular weight excluding hydrogens is 326 g/mol. The Kier molecular flexibility index (Phi) is 4.43. The first-order valence-electron chi connectivity index (χ1n) is 7.31. The summed E-state index contributed by atoms with van der Waals surface area (Å²) in [5.74, 6) is -0.768. The van der Waals surface area contributed by atoms with Crippen LogP contribution in [-0.4, -0.2) is 23.5 Å². The number of carbonyl (C=O) groups is 2. The molecule has 0 radical (unpaired) electrons. The van der Waals surface area contributed by atoms with E-state index in [9.17, 15) is 9.59 Å². The number of rotatable bonds is 4. The lowest BCUT2D eigenvalue weighted by Gasteiger charge is -2.07. The number of ether oxygens (including phenoxy) is 1. The summed E-state index contributed by atoms with van der Waals surface area (Å²) < 4.78 is 4.95. The van der Waals surface area contributed by atoms with Crippen molar-refractivity contribution >= 4 is 44.8 Å². The summed E-state index contributed by atoms with van der Waals surface area (Å²) in [4.78, 5) is 29.6. The number of nitrogens with one attached hydrogen (secondary N) is 1. The topological polar surface area (TPSA) is 94.3 Å². The number of benzene rings is 1. The van der Waals surface area contributed by atoms with Crippen LogP contribution in [0, 0.1) is 0 Å². The number of nitrogen functional groups attached to an aromatic ring is 1. The van der Waals surface area contributed by atoms with E-state index >= 15 is 0 Å². The van der Waals surface area contributed by atoms with Gasteiger partial charge in [-0.1, -0.05) is 6.07 Å². The minimum absolute atomic E-state index is 0.292. The van der Waals surface area contributed by atoms with Gasteiger partial charge >= 0.3 is 5.97 Å². The van der Waals surface area contributed by atoms with Crippen LogP contribution in [0.1, 0.15) is 27.0 Å². The van der Waals surface area contributed by atoms with Crippen molar-refractivity contribution in [1.29, 1.82) is 0 Å². The molecule has 3 aromatic rings. The number of amides is 1. The van der Waals surface area contributed by atoms with Crippen LogP contribution in [-0.2, 0) is 4.74 Å². The third-order valence-electron chi connectivity index (χ3n) is 3.34. The Morgan fingerprint density at radius 1 is 1.29 bits per heavy atom. The molecule has 0 aliphatic carbocycles. The van der Waals surface area contributed by atoms with Crippen LogP contribution in [0.3, 0.4) is 0 Å². The number of carbonyl (C=O) groups excluding carboxylic acids is 2. The van der Waals surface area contributed by atoms with E-state index in [4.69, 9.17) is 10.5 Å². The average molecular weight is 341 g/mol. The number of nitrogens with two attached hydrogens (primary N) is 1. The molecule has 0 unspecified atom stereocenters. The summed E-state index contributed by atoms with van der Waals surface area (Å²) in [5.41, 5.74) is 7.32. The Bertz CT molecular complexity index is 920. The van der Waals surface area contributed by atoms with E-state index in [1.807, 2.05) is 6.07 Å². The van der Waals surface area contributed by atoms with Gasteiger partial charge in [-0.2, -0.15) is 0 Å². The molecule has 0 aliphatic rings. The fraction of sp³-hybridized carbons (Fsp3) is 0.118. The van der Waals surface area contributed by atoms with Gasteiger partial charge in [0, 0.05) is 17.3 Å². The molecule has 122 valence electrons. The maximum absolute atomic E-state index is 12.5. The maximum atomic E-state index is 12.5. The lowest BCUT2D eigenvalue weighted by atomic mass is 10.2. The Morgan fingerprint density at radius 2 is 2.12 bits per heavy atom. The number of nitrogens with zero attached hydrogens (tertiary/aromatic N) is 1. The van der Waals surface area contributed by atoms with Gasteiger partial charge in [0.15, 0.2) is 0 Å². The first kappa shape index (κ1) is 15.9. The zero-order valence-corrected chi connectivity index (χ0v) is 13.7. The minimum Gasteiger partial charge on any atom is -0.462 e. The molecule has 6 nitrogen and oxygen atoms in total. The van der Waals surface area contributed by atoms with E-state index in [0.29, 0.717) is 33.3 Å². The average Bonchev–Trinajstić information content (AvgIpc) is 2.93. The van der Waals surface area contributed by atoms with E-state index in [0.717, 1.165) is 5.39 Å². The number of thiophene rings is 1. The molecule has 1 aromatic carbocycles. The highest BCUT2D eigenvalue weighted by Gasteiger charge is 2.17. The van der Waals surface area contributed by atoms with Crippen LogP contribution >= 0.6 is 11.3 Å². The molecule has 24 heavy (non-hydrogen) atoms. The molecule has 2 aromatic heterocycles. The molecule has 0 saturated carbocycles. The number of hydrogen-bond acceptors (Lipinski definition) is 6. The van der Waals surface area contributed by atoms with Gasteiger partial charge in [0.2, 0.25) is 0 Å². The normalized spacial score (nSPS) is 10.5. The molecule has 7 heteroatoms. The molecular formula is C17H15N3O3S. The Labute approximate surface area is 142 Å². The van der Waals surface area contributed by atoms with Gasteiger partial charge < -0.3 is 15.8 Å². The number of aromatic nitrogens is 1. The molecule has 2 heterocycles. The van der Waals surface area contributed by atoms with Crippen LogP contribution in [0.4, 0.5) is 11.4 Å². The quantitative estimate of drug-likeness (QED) is 0.710. The van der Waals surface area contributed by atoms with Gasteiger partial charge in [-0.15, -0.1) is 11.3 Å². The number of pyridine rings is 1. The smallest absolute Gasteiger partial charge is 0.338 e. The van der Waals surface area contributed by atoms with Crippen molar-refractivity contribution in [2.75, 3.05) is 17.7 Å². The molecule has 3 N–H and O–H groups in total. The molecule has 0 bridgehead atoms. The lowest BCUT2D eigenvalue weighted by Crippen LogP contribution is -2.13. The van der Waals surface area contributed by atoms with E-state index in [1.54, 1.807) is 43.5 Å². The van der Waals surface area contributed by atoms with Crippen molar-refractivity contribution in [3.8, 4) is 0 Å². The van der Waals surface area contributed by atoms with E-state index < -0.39 is 5.97 Å². The first-order valence-corrected chi connectivity index (χ1v) is 8.13. The first-order chi connectivity index (χ1) is 11.6. The van der Waals surface area contributed by atoms with Crippen LogP contribution in [0.2, 0.25) is 0 Å². The van der Waals surface area contributed by atoms with Gasteiger partial charge in [0.05, 0.1) is 17.9 Å². The number of anilines is 2. The highest BCUT2D eigenvalue weighted by molar-refractivity contribution is 7.21. The maximum Gasteiger partial charge on any atom is 0.338 e. The second-order valence-electron chi connectivity index (χ2n) is 4.96. The summed E-state index contributed by atoms with van der Waals surface area (Å²) in [7, 11) is 0. The summed E-state index contributed by atoms with van der Waals surface area (Å²) in [6.07, 6.45) is 1.66. The summed E-state index contributed by atoms with van der Waals surface area (Å²) in [6.45, 7) is 2.03. The SMILES string of the molecule is CCOC(=O)c1cccc(NC(=O)c2sc3ncccc3c2N)c1. The molecule has 0 spiro atoms. The summed E-state index contributed by atoms with van der Waals surface area (Å²) in [5, 5.41) is 3.51. The van der Waals surface area contributed by atoms with Crippen molar-refractivity contribution in [1.82, 2.24) is 4.98 Å². The Balaban J connectivity index is 1.85. The van der Waals surface area contributed by atoms with Crippen molar-refractivity contribution in [2.45, 2.75) is 6.92 Å². The molecule has 3 rings (SSSR count). The van der Waals surface area contributed by atoms with Gasteiger partial charge in [-0.25, -0.2) is 9.78 Å². The highest BCUT2D eigenvalue weighted by Crippen LogP contribution is 2.32. The zero-order valence-electron chi connectivity index (χ0n) is 12.9. The molecule has 0 atom stereocenters. The van der Waals surface area contributed by atoms with Crippen molar-refractivity contribution in [3.05, 3.63) is 53.0 Å². The molecule has 0 fully saturated rings. The Hall–Kier alpha value is -2.93. The lowest BCUT2D eigenvalue weighted by molar-refractivity contribution is 0.0526. The molecule has 0 saturated heterocycles. The van der Waals surface area contributed by atoms with Crippen molar-refractivity contribution in [2.24, 2.45) is 0 Å². The predicted molar refractivity (Wildman–Crippen MR) is 94.4 cm³/mol. The van der Waals surface area contributed by atoms with Gasteiger partial charge in [-0.05, 0) is 37.3 Å². The second kappa shape index (κ2) is 6.67. The largest absolute Gasteiger partial charge is 0.462 e. The third-order valence-corrected chi connectivity index (χ3v) is 4.47. The van der Waals surface area contributed by atoms with Gasteiger partial charge in [-0.3, -0.25) is 4.79 Å². The highest BCUT2D eigenvalue weighted by atomic mass is 32.1. The minimum atomic E-state index is -0.431. The second-order valence-corrected chi connectivity index (χ2v) is 5.96. The fourth-order valence-corrected chi connectivity index (χ4v) is 3.20. The summed E-state index contributed by atoms with van der Waals surface area (Å²) >= 11 is 1.23. The predicted octanol–water partition coefficient (Wildman–Crippen LogP) is 3.31. The fourth-order valence-electron chi connectivity index (χ4n) is 2.25. The number of hydrogen-bond donors (Lipinski definition) is 2. The van der Waals surface area contributed by atoms with Crippen molar-refractivity contribution in [3.63, 3.8) is 0 Å². The van der Waals surface area contributed by atoms with Crippen molar-refractivity contribution < 1.29 is 14.3 Å². The van der Waals surface area contributed by atoms with E-state index in [2.05, 4.69) is 10.3 Å². The monoisotopic (exact) mass is 341 g/mol. The summed E-state index contributed by atoms with van der Waals surface area (Å²) in [6, 6.07) is 10.2. The van der Waals surface area contributed by atoms with Crippen LogP contribution in [0.25, 0.3) is 10.2 Å². The van der Waals surface area contributed by atoms with E-state index in [-0.39, 0.29) is 5.91 Å². The zero-order chi connectivity index (χ0) is 17.1. The van der Waals surface area contributed by atoms with Crippen LogP contribution in [0.15, 0.2) is 42.6 Å².